The minimum absolute atomic E-state index is 0.00853. The SMILES string of the molecule is CS(=O)(=O)CCCNc1ccc([N+](=O)[O-])cc1F. The second-order valence-corrected chi connectivity index (χ2v) is 6.09. The van der Waals surface area contributed by atoms with E-state index in [-0.39, 0.29) is 23.7 Å². The van der Waals surface area contributed by atoms with Gasteiger partial charge in [0.15, 0.2) is 5.82 Å². The van der Waals surface area contributed by atoms with Crippen molar-refractivity contribution in [2.45, 2.75) is 6.42 Å². The molecule has 18 heavy (non-hydrogen) atoms. The molecule has 1 aromatic carbocycles. The minimum atomic E-state index is -3.03. The molecule has 0 bridgehead atoms. The fourth-order valence-corrected chi connectivity index (χ4v) is 1.99. The molecule has 0 atom stereocenters. The van der Waals surface area contributed by atoms with Crippen molar-refractivity contribution in [2.75, 3.05) is 23.9 Å². The van der Waals surface area contributed by atoms with E-state index >= 15 is 0 Å². The van der Waals surface area contributed by atoms with Gasteiger partial charge >= 0.3 is 0 Å². The number of benzene rings is 1. The van der Waals surface area contributed by atoms with Crippen LogP contribution < -0.4 is 5.32 Å². The number of sulfone groups is 1. The van der Waals surface area contributed by atoms with Crippen molar-refractivity contribution in [2.24, 2.45) is 0 Å². The van der Waals surface area contributed by atoms with Gasteiger partial charge in [0.2, 0.25) is 0 Å². The quantitative estimate of drug-likeness (QED) is 0.484. The van der Waals surface area contributed by atoms with Crippen LogP contribution in [0.4, 0.5) is 15.8 Å². The summed E-state index contributed by atoms with van der Waals surface area (Å²) in [6.45, 7) is 0.280. The van der Waals surface area contributed by atoms with E-state index in [1.165, 1.54) is 12.1 Å². The Morgan fingerprint density at radius 2 is 2.11 bits per heavy atom. The number of hydrogen-bond acceptors (Lipinski definition) is 5. The highest BCUT2D eigenvalue weighted by Gasteiger charge is 2.10. The number of nitro benzene ring substituents is 1. The fraction of sp³-hybridized carbons (Fsp3) is 0.400. The number of hydrogen-bond donors (Lipinski definition) is 1. The number of rotatable bonds is 6. The van der Waals surface area contributed by atoms with Crippen LogP contribution in [-0.2, 0) is 9.84 Å². The van der Waals surface area contributed by atoms with Gasteiger partial charge in [-0.15, -0.1) is 0 Å². The second-order valence-electron chi connectivity index (χ2n) is 3.83. The van der Waals surface area contributed by atoms with Crippen molar-refractivity contribution in [1.29, 1.82) is 0 Å². The zero-order valence-electron chi connectivity index (χ0n) is 9.72. The van der Waals surface area contributed by atoms with Crippen molar-refractivity contribution in [3.8, 4) is 0 Å². The summed E-state index contributed by atoms with van der Waals surface area (Å²) in [7, 11) is -3.03. The molecule has 8 heteroatoms. The van der Waals surface area contributed by atoms with Crippen molar-refractivity contribution in [1.82, 2.24) is 0 Å². The van der Waals surface area contributed by atoms with Crippen molar-refractivity contribution >= 4 is 21.2 Å². The highest BCUT2D eigenvalue weighted by molar-refractivity contribution is 7.90. The first-order valence-electron chi connectivity index (χ1n) is 5.15. The minimum Gasteiger partial charge on any atom is -0.383 e. The highest BCUT2D eigenvalue weighted by Crippen LogP contribution is 2.20. The molecule has 0 radical (unpaired) electrons. The standard InChI is InChI=1S/C10H13FN2O4S/c1-18(16,17)6-2-5-12-10-4-3-8(13(14)15)7-9(10)11/h3-4,7,12H,2,5-6H2,1H3. The van der Waals surface area contributed by atoms with Gasteiger partial charge in [-0.3, -0.25) is 10.1 Å². The smallest absolute Gasteiger partial charge is 0.272 e. The zero-order valence-corrected chi connectivity index (χ0v) is 10.5. The third-order valence-corrected chi connectivity index (χ3v) is 3.20. The van der Waals surface area contributed by atoms with E-state index < -0.39 is 20.6 Å². The molecule has 6 nitrogen and oxygen atoms in total. The van der Waals surface area contributed by atoms with Crippen LogP contribution in [0.1, 0.15) is 6.42 Å². The first kappa shape index (κ1) is 14.4. The van der Waals surface area contributed by atoms with Crippen LogP contribution in [0.3, 0.4) is 0 Å². The van der Waals surface area contributed by atoms with Crippen molar-refractivity contribution < 1.29 is 17.7 Å². The molecule has 0 fully saturated rings. The Morgan fingerprint density at radius 3 is 2.61 bits per heavy atom. The van der Waals surface area contributed by atoms with E-state index in [4.69, 9.17) is 0 Å². The Morgan fingerprint density at radius 1 is 1.44 bits per heavy atom. The van der Waals surface area contributed by atoms with E-state index in [0.717, 1.165) is 12.3 Å². The van der Waals surface area contributed by atoms with Gasteiger partial charge in [0.05, 0.1) is 22.4 Å². The Bertz CT molecular complexity index is 545. The lowest BCUT2D eigenvalue weighted by Gasteiger charge is -2.06. The third-order valence-electron chi connectivity index (χ3n) is 2.17. The lowest BCUT2D eigenvalue weighted by molar-refractivity contribution is -0.385. The summed E-state index contributed by atoms with van der Waals surface area (Å²) in [6, 6.07) is 3.26. The van der Waals surface area contributed by atoms with Gasteiger partial charge < -0.3 is 5.32 Å². The van der Waals surface area contributed by atoms with Crippen molar-refractivity contribution in [3.05, 3.63) is 34.1 Å². The number of nitro groups is 1. The van der Waals surface area contributed by atoms with E-state index in [1.54, 1.807) is 0 Å². The maximum atomic E-state index is 13.4. The topological polar surface area (TPSA) is 89.3 Å². The van der Waals surface area contributed by atoms with Gasteiger partial charge in [0.1, 0.15) is 9.84 Å². The van der Waals surface area contributed by atoms with E-state index in [2.05, 4.69) is 5.32 Å². The molecule has 1 N–H and O–H groups in total. The van der Waals surface area contributed by atoms with Crippen LogP contribution in [0.15, 0.2) is 18.2 Å². The predicted molar refractivity (Wildman–Crippen MR) is 65.9 cm³/mol. The summed E-state index contributed by atoms with van der Waals surface area (Å²) in [5.74, 6) is -0.724. The summed E-state index contributed by atoms with van der Waals surface area (Å²) in [5.41, 5.74) is -0.205. The highest BCUT2D eigenvalue weighted by atomic mass is 32.2. The maximum Gasteiger partial charge on any atom is 0.272 e. The summed E-state index contributed by atoms with van der Waals surface area (Å²) in [4.78, 5) is 9.70. The molecule has 1 aromatic rings. The molecule has 0 unspecified atom stereocenters. The van der Waals surface area contributed by atoms with Crippen LogP contribution >= 0.6 is 0 Å². The first-order chi connectivity index (χ1) is 8.29. The van der Waals surface area contributed by atoms with Gasteiger partial charge in [-0.25, -0.2) is 12.8 Å². The molecule has 0 aliphatic rings. The largest absolute Gasteiger partial charge is 0.383 e. The molecular weight excluding hydrogens is 263 g/mol. The lowest BCUT2D eigenvalue weighted by atomic mass is 10.2. The van der Waals surface area contributed by atoms with Gasteiger partial charge in [-0.05, 0) is 12.5 Å². The van der Waals surface area contributed by atoms with Crippen molar-refractivity contribution in [3.63, 3.8) is 0 Å². The molecule has 0 aliphatic carbocycles. The molecule has 0 saturated heterocycles. The van der Waals surface area contributed by atoms with E-state index in [1.807, 2.05) is 0 Å². The normalized spacial score (nSPS) is 11.2. The van der Waals surface area contributed by atoms with Gasteiger partial charge in [0, 0.05) is 18.9 Å². The van der Waals surface area contributed by atoms with Crippen LogP contribution in [0, 0.1) is 15.9 Å². The Hall–Kier alpha value is -1.70. The number of nitrogens with one attached hydrogen (secondary N) is 1. The Balaban J connectivity index is 2.56. The van der Waals surface area contributed by atoms with Crippen LogP contribution in [0.5, 0.6) is 0 Å². The third kappa shape index (κ3) is 4.66. The maximum absolute atomic E-state index is 13.4. The molecule has 100 valence electrons. The van der Waals surface area contributed by atoms with E-state index in [9.17, 15) is 22.9 Å². The van der Waals surface area contributed by atoms with Crippen LogP contribution in [-0.4, -0.2) is 31.9 Å². The second kappa shape index (κ2) is 5.76. The molecule has 0 spiro atoms. The molecule has 0 aliphatic heterocycles. The average Bonchev–Trinajstić information content (AvgIpc) is 2.24. The number of halogens is 1. The number of anilines is 1. The van der Waals surface area contributed by atoms with Gasteiger partial charge in [-0.2, -0.15) is 0 Å². The fourth-order valence-electron chi connectivity index (χ4n) is 1.32. The van der Waals surface area contributed by atoms with Crippen LogP contribution in [0.25, 0.3) is 0 Å². The lowest BCUT2D eigenvalue weighted by Crippen LogP contribution is -2.10. The molecule has 1 rings (SSSR count). The summed E-state index contributed by atoms with van der Waals surface area (Å²) >= 11 is 0. The molecule has 0 aromatic heterocycles. The van der Waals surface area contributed by atoms with Gasteiger partial charge in [0.25, 0.3) is 5.69 Å². The molecular formula is C10H13FN2O4S. The predicted octanol–water partition coefficient (Wildman–Crippen LogP) is 1.58. The Labute approximate surface area is 104 Å². The zero-order chi connectivity index (χ0) is 13.8. The summed E-state index contributed by atoms with van der Waals surface area (Å²) < 4.78 is 35.1. The summed E-state index contributed by atoms with van der Waals surface area (Å²) in [5, 5.41) is 13.1. The van der Waals surface area contributed by atoms with E-state index in [0.29, 0.717) is 6.42 Å². The first-order valence-corrected chi connectivity index (χ1v) is 7.21. The molecule has 0 heterocycles. The summed E-state index contributed by atoms with van der Waals surface area (Å²) in [6.07, 6.45) is 1.47. The number of non-ortho nitro benzene ring substituents is 1. The number of nitrogens with zero attached hydrogens (tertiary/aromatic N) is 1. The average molecular weight is 276 g/mol. The van der Waals surface area contributed by atoms with Gasteiger partial charge in [-0.1, -0.05) is 0 Å². The molecule has 0 amide bonds. The molecule has 0 saturated carbocycles. The van der Waals surface area contributed by atoms with Crippen LogP contribution in [0.2, 0.25) is 0 Å². The monoisotopic (exact) mass is 276 g/mol. The Kier molecular flexibility index (Phi) is 4.60.